The maximum absolute atomic E-state index is 9.48. The van der Waals surface area contributed by atoms with Gasteiger partial charge in [-0.15, -0.1) is 0 Å². The van der Waals surface area contributed by atoms with Crippen LogP contribution in [0.3, 0.4) is 0 Å². The third kappa shape index (κ3) is 2.54. The van der Waals surface area contributed by atoms with Crippen molar-refractivity contribution in [1.29, 1.82) is 0 Å². The Balaban J connectivity index is 2.17. The third-order valence-electron chi connectivity index (χ3n) is 3.05. The van der Waals surface area contributed by atoms with E-state index in [2.05, 4.69) is 30.1 Å². The lowest BCUT2D eigenvalue weighted by Gasteiger charge is -2.08. The van der Waals surface area contributed by atoms with Gasteiger partial charge >= 0.3 is 0 Å². The van der Waals surface area contributed by atoms with Crippen LogP contribution < -0.4 is 5.43 Å². The van der Waals surface area contributed by atoms with Gasteiger partial charge in [-0.2, -0.15) is 0 Å². The zero-order valence-electron chi connectivity index (χ0n) is 10.5. The zero-order chi connectivity index (χ0) is 12.3. The molecule has 0 saturated carbocycles. The Bertz CT molecular complexity index is 502. The number of nitrogens with one attached hydrogen (secondary N) is 1. The van der Waals surface area contributed by atoms with Gasteiger partial charge in [-0.25, -0.2) is 0 Å². The molecular weight excluding hydrogens is 212 g/mol. The van der Waals surface area contributed by atoms with E-state index in [-0.39, 0.29) is 0 Å². The van der Waals surface area contributed by atoms with Crippen LogP contribution in [0.15, 0.2) is 24.4 Å². The Morgan fingerprint density at radius 3 is 2.88 bits per heavy atom. The maximum Gasteiger partial charge on any atom is 0.116 e. The van der Waals surface area contributed by atoms with Crippen LogP contribution in [-0.2, 0) is 0 Å². The number of aromatic hydroxyl groups is 1. The van der Waals surface area contributed by atoms with Crippen molar-refractivity contribution in [3.8, 4) is 5.75 Å². The summed E-state index contributed by atoms with van der Waals surface area (Å²) in [6, 6.07) is 5.49. The molecule has 0 aliphatic heterocycles. The second-order valence-corrected chi connectivity index (χ2v) is 4.50. The lowest BCUT2D eigenvalue weighted by Crippen LogP contribution is -2.14. The number of nitrogens with zero attached hydrogens (tertiary/aromatic N) is 1. The van der Waals surface area contributed by atoms with Gasteiger partial charge in [0.25, 0.3) is 0 Å². The lowest BCUT2D eigenvalue weighted by molar-refractivity contribution is 0.476. The second kappa shape index (κ2) is 5.13. The molecule has 0 aliphatic carbocycles. The van der Waals surface area contributed by atoms with E-state index < -0.39 is 0 Å². The molecule has 1 aromatic heterocycles. The van der Waals surface area contributed by atoms with Gasteiger partial charge in [0.15, 0.2) is 0 Å². The summed E-state index contributed by atoms with van der Waals surface area (Å²) in [5.41, 5.74) is 5.70. The highest BCUT2D eigenvalue weighted by molar-refractivity contribution is 5.85. The van der Waals surface area contributed by atoms with E-state index in [9.17, 15) is 5.11 Å². The Labute approximate surface area is 102 Å². The first kappa shape index (κ1) is 11.8. The molecule has 3 heteroatoms. The standard InChI is InChI=1S/C14H20N2O/c1-3-4-5-8-15-16-10-11(2)13-9-12(17)6-7-14(13)16/h6-7,9-10,15,17H,3-5,8H2,1-2H3. The number of rotatable bonds is 5. The molecule has 0 atom stereocenters. The normalized spacial score (nSPS) is 10.9. The van der Waals surface area contributed by atoms with Gasteiger partial charge in [0, 0.05) is 18.1 Å². The Morgan fingerprint density at radius 2 is 2.12 bits per heavy atom. The molecule has 0 bridgehead atoms. The highest BCUT2D eigenvalue weighted by Gasteiger charge is 2.05. The number of phenolic OH excluding ortho intramolecular Hbond substituents is 1. The number of phenols is 1. The number of benzene rings is 1. The minimum Gasteiger partial charge on any atom is -0.508 e. The summed E-state index contributed by atoms with van der Waals surface area (Å²) in [5.74, 6) is 0.323. The summed E-state index contributed by atoms with van der Waals surface area (Å²) in [4.78, 5) is 0. The van der Waals surface area contributed by atoms with Crippen LogP contribution in [0.1, 0.15) is 31.7 Å². The van der Waals surface area contributed by atoms with Crippen molar-refractivity contribution in [3.05, 3.63) is 30.0 Å². The summed E-state index contributed by atoms with van der Waals surface area (Å²) < 4.78 is 2.06. The van der Waals surface area contributed by atoms with E-state index in [1.54, 1.807) is 6.07 Å². The van der Waals surface area contributed by atoms with E-state index >= 15 is 0 Å². The number of aromatic nitrogens is 1. The molecule has 0 unspecified atom stereocenters. The number of hydrogen-bond acceptors (Lipinski definition) is 2. The fraction of sp³-hybridized carbons (Fsp3) is 0.429. The number of aryl methyl sites for hydroxylation is 1. The van der Waals surface area contributed by atoms with E-state index in [4.69, 9.17) is 0 Å². The Hall–Kier alpha value is -1.64. The zero-order valence-corrected chi connectivity index (χ0v) is 10.5. The smallest absolute Gasteiger partial charge is 0.116 e. The van der Waals surface area contributed by atoms with Crippen LogP contribution in [0.25, 0.3) is 10.9 Å². The van der Waals surface area contributed by atoms with Gasteiger partial charge in [0.2, 0.25) is 0 Å². The molecule has 92 valence electrons. The Morgan fingerprint density at radius 1 is 1.29 bits per heavy atom. The molecule has 0 spiro atoms. The van der Waals surface area contributed by atoms with Gasteiger partial charge in [0.05, 0.1) is 5.52 Å². The molecule has 2 aromatic rings. The van der Waals surface area contributed by atoms with Crippen molar-refractivity contribution in [1.82, 2.24) is 4.68 Å². The fourth-order valence-electron chi connectivity index (χ4n) is 2.09. The summed E-state index contributed by atoms with van der Waals surface area (Å²) >= 11 is 0. The lowest BCUT2D eigenvalue weighted by atomic mass is 10.2. The fourth-order valence-corrected chi connectivity index (χ4v) is 2.09. The summed E-state index contributed by atoms with van der Waals surface area (Å²) in [5, 5.41) is 10.6. The first-order valence-corrected chi connectivity index (χ1v) is 6.27. The van der Waals surface area contributed by atoms with E-state index in [0.29, 0.717) is 5.75 Å². The van der Waals surface area contributed by atoms with Crippen LogP contribution >= 0.6 is 0 Å². The van der Waals surface area contributed by atoms with E-state index in [1.807, 2.05) is 12.1 Å². The first-order chi connectivity index (χ1) is 8.22. The molecular formula is C14H20N2O. The second-order valence-electron chi connectivity index (χ2n) is 4.50. The molecule has 2 rings (SSSR count). The van der Waals surface area contributed by atoms with Gasteiger partial charge in [-0.3, -0.25) is 4.68 Å². The van der Waals surface area contributed by atoms with Gasteiger partial charge < -0.3 is 10.5 Å². The monoisotopic (exact) mass is 232 g/mol. The number of fused-ring (bicyclic) bond motifs is 1. The van der Waals surface area contributed by atoms with E-state index in [1.165, 1.54) is 24.8 Å². The van der Waals surface area contributed by atoms with Gasteiger partial charge in [0.1, 0.15) is 5.75 Å². The minimum atomic E-state index is 0.323. The van der Waals surface area contributed by atoms with E-state index in [0.717, 1.165) is 17.4 Å². The van der Waals surface area contributed by atoms with Gasteiger partial charge in [-0.05, 0) is 37.1 Å². The van der Waals surface area contributed by atoms with Crippen molar-refractivity contribution in [2.75, 3.05) is 12.0 Å². The topological polar surface area (TPSA) is 37.2 Å². The minimum absolute atomic E-state index is 0.323. The molecule has 1 heterocycles. The number of unbranched alkanes of at least 4 members (excludes halogenated alkanes) is 2. The SMILES string of the molecule is CCCCCNn1cc(C)c2cc(O)ccc21. The van der Waals surface area contributed by atoms with Crippen LogP contribution in [-0.4, -0.2) is 16.3 Å². The largest absolute Gasteiger partial charge is 0.508 e. The maximum atomic E-state index is 9.48. The average molecular weight is 232 g/mol. The Kier molecular flexibility index (Phi) is 3.57. The first-order valence-electron chi connectivity index (χ1n) is 6.27. The van der Waals surface area contributed by atoms with Crippen LogP contribution in [0, 0.1) is 6.92 Å². The molecule has 0 fully saturated rings. The quantitative estimate of drug-likeness (QED) is 0.775. The molecule has 0 amide bonds. The van der Waals surface area contributed by atoms with Crippen molar-refractivity contribution in [3.63, 3.8) is 0 Å². The summed E-state index contributed by atoms with van der Waals surface area (Å²) in [6.07, 6.45) is 5.76. The molecule has 17 heavy (non-hydrogen) atoms. The van der Waals surface area contributed by atoms with Crippen molar-refractivity contribution in [2.24, 2.45) is 0 Å². The molecule has 2 N–H and O–H groups in total. The van der Waals surface area contributed by atoms with Crippen LogP contribution in [0.2, 0.25) is 0 Å². The summed E-state index contributed by atoms with van der Waals surface area (Å²) in [6.45, 7) is 5.25. The average Bonchev–Trinajstić information content (AvgIpc) is 2.62. The van der Waals surface area contributed by atoms with Gasteiger partial charge in [-0.1, -0.05) is 19.8 Å². The van der Waals surface area contributed by atoms with Crippen molar-refractivity contribution < 1.29 is 5.11 Å². The van der Waals surface area contributed by atoms with Crippen molar-refractivity contribution in [2.45, 2.75) is 33.1 Å². The summed E-state index contributed by atoms with van der Waals surface area (Å²) in [7, 11) is 0. The van der Waals surface area contributed by atoms with Crippen molar-refractivity contribution >= 4 is 10.9 Å². The van der Waals surface area contributed by atoms with Crippen LogP contribution in [0.5, 0.6) is 5.75 Å². The third-order valence-corrected chi connectivity index (χ3v) is 3.05. The molecule has 1 aromatic carbocycles. The predicted molar refractivity (Wildman–Crippen MR) is 72.1 cm³/mol. The molecule has 0 aliphatic rings. The molecule has 0 saturated heterocycles. The van der Waals surface area contributed by atoms with Crippen LogP contribution in [0.4, 0.5) is 0 Å². The molecule has 3 nitrogen and oxygen atoms in total. The highest BCUT2D eigenvalue weighted by Crippen LogP contribution is 2.23. The predicted octanol–water partition coefficient (Wildman–Crippen LogP) is 3.39. The number of hydrogen-bond donors (Lipinski definition) is 2. The molecule has 0 radical (unpaired) electrons. The highest BCUT2D eigenvalue weighted by atomic mass is 16.3.